The molecule has 37 heavy (non-hydrogen) atoms. The Morgan fingerprint density at radius 2 is 1.30 bits per heavy atom. The van der Waals surface area contributed by atoms with Gasteiger partial charge >= 0.3 is 11.9 Å². The van der Waals surface area contributed by atoms with Crippen LogP contribution >= 0.6 is 0 Å². The summed E-state index contributed by atoms with van der Waals surface area (Å²) < 4.78 is 44.7. The standard InChI is InChI=1S/C26H30O11/c1-13(27)33-10-17-18(11-34-14(2)28)25(16-8-21(32-5)26-22(9-16)35-12-36-26)37-24(17)15-6-19(30-3)23(29)20(7-15)31-4/h6-9,17-18,24-25,29H,10-12H2,1-5H3/t17-,18-,24-,25+/m0/s1. The van der Waals surface area contributed by atoms with Crippen molar-refractivity contribution in [1.29, 1.82) is 0 Å². The van der Waals surface area contributed by atoms with Gasteiger partial charge in [-0.1, -0.05) is 0 Å². The van der Waals surface area contributed by atoms with E-state index in [1.54, 1.807) is 24.3 Å². The van der Waals surface area contributed by atoms with E-state index >= 15 is 0 Å². The maximum atomic E-state index is 11.8. The van der Waals surface area contributed by atoms with Crippen LogP contribution in [0.15, 0.2) is 24.3 Å². The quantitative estimate of drug-likeness (QED) is 0.491. The highest BCUT2D eigenvalue weighted by Crippen LogP contribution is 2.54. The van der Waals surface area contributed by atoms with E-state index in [4.69, 9.17) is 37.9 Å². The summed E-state index contributed by atoms with van der Waals surface area (Å²) in [7, 11) is 4.37. The van der Waals surface area contributed by atoms with Gasteiger partial charge in [-0.2, -0.15) is 0 Å². The Bertz CT molecular complexity index is 1100. The number of rotatable bonds is 9. The zero-order chi connectivity index (χ0) is 26.7. The molecule has 0 aliphatic carbocycles. The zero-order valence-corrected chi connectivity index (χ0v) is 21.3. The number of hydrogen-bond donors (Lipinski definition) is 1. The molecule has 1 fully saturated rings. The number of ether oxygens (including phenoxy) is 8. The maximum Gasteiger partial charge on any atom is 0.302 e. The molecule has 0 bridgehead atoms. The topological polar surface area (TPSA) is 128 Å². The summed E-state index contributed by atoms with van der Waals surface area (Å²) in [5.41, 5.74) is 1.32. The van der Waals surface area contributed by atoms with Crippen LogP contribution in [0.5, 0.6) is 34.5 Å². The maximum absolute atomic E-state index is 11.8. The molecule has 1 N–H and O–H groups in total. The number of benzene rings is 2. The van der Waals surface area contributed by atoms with Gasteiger partial charge in [0.2, 0.25) is 18.3 Å². The molecule has 0 aromatic heterocycles. The van der Waals surface area contributed by atoms with Crippen LogP contribution in [0.1, 0.15) is 37.2 Å². The highest BCUT2D eigenvalue weighted by molar-refractivity contribution is 5.66. The van der Waals surface area contributed by atoms with E-state index in [2.05, 4.69) is 0 Å². The molecule has 11 heteroatoms. The Balaban J connectivity index is 1.81. The minimum absolute atomic E-state index is 0.00434. The van der Waals surface area contributed by atoms with Crippen molar-refractivity contribution in [1.82, 2.24) is 0 Å². The molecule has 4 atom stereocenters. The lowest BCUT2D eigenvalue weighted by Crippen LogP contribution is -2.27. The van der Waals surface area contributed by atoms with Gasteiger partial charge in [0.15, 0.2) is 23.0 Å². The van der Waals surface area contributed by atoms with Gasteiger partial charge in [0.25, 0.3) is 0 Å². The van der Waals surface area contributed by atoms with Gasteiger partial charge in [0.05, 0.1) is 46.8 Å². The first-order chi connectivity index (χ1) is 17.8. The largest absolute Gasteiger partial charge is 0.502 e. The Hall–Kier alpha value is -3.86. The highest BCUT2D eigenvalue weighted by Gasteiger charge is 2.48. The number of hydrogen-bond acceptors (Lipinski definition) is 11. The molecule has 0 amide bonds. The van der Waals surface area contributed by atoms with Crippen molar-refractivity contribution in [3.05, 3.63) is 35.4 Å². The van der Waals surface area contributed by atoms with E-state index in [0.29, 0.717) is 28.4 Å². The summed E-state index contributed by atoms with van der Waals surface area (Å²) in [4.78, 5) is 23.5. The summed E-state index contributed by atoms with van der Waals surface area (Å²) in [6, 6.07) is 6.84. The fraction of sp³-hybridized carbons (Fsp3) is 0.462. The van der Waals surface area contributed by atoms with Crippen molar-refractivity contribution in [2.24, 2.45) is 11.8 Å². The molecule has 2 heterocycles. The van der Waals surface area contributed by atoms with Crippen LogP contribution in [0.4, 0.5) is 0 Å². The molecule has 0 radical (unpaired) electrons. The monoisotopic (exact) mass is 518 g/mol. The minimum Gasteiger partial charge on any atom is -0.502 e. The summed E-state index contributed by atoms with van der Waals surface area (Å²) in [5.74, 6) is -0.108. The molecule has 2 aromatic carbocycles. The molecule has 200 valence electrons. The van der Waals surface area contributed by atoms with Crippen LogP contribution in [-0.4, -0.2) is 58.4 Å². The third-order valence-electron chi connectivity index (χ3n) is 6.42. The highest BCUT2D eigenvalue weighted by atomic mass is 16.7. The third kappa shape index (κ3) is 5.31. The number of aromatic hydroxyl groups is 1. The second kappa shape index (κ2) is 11.0. The van der Waals surface area contributed by atoms with Crippen LogP contribution in [0.3, 0.4) is 0 Å². The number of carbonyl (C=O) groups is 2. The van der Waals surface area contributed by atoms with Crippen LogP contribution in [-0.2, 0) is 23.8 Å². The number of methoxy groups -OCH3 is 3. The van der Waals surface area contributed by atoms with E-state index in [0.717, 1.165) is 0 Å². The smallest absolute Gasteiger partial charge is 0.302 e. The fourth-order valence-corrected chi connectivity index (χ4v) is 4.70. The SMILES string of the molecule is COc1cc([C@@H]2O[C@H](c3cc(OC)c4c(c3)OCO4)[C@@H](COC(C)=O)[C@@H]2COC(C)=O)cc(OC)c1O. The molecule has 4 rings (SSSR count). The predicted octanol–water partition coefficient (Wildman–Crippen LogP) is 3.32. The summed E-state index contributed by atoms with van der Waals surface area (Å²) in [6.45, 7) is 2.70. The molecule has 0 spiro atoms. The molecule has 0 unspecified atom stereocenters. The average Bonchev–Trinajstić information content (AvgIpc) is 3.50. The Kier molecular flexibility index (Phi) is 7.82. The molecule has 1 saturated heterocycles. The Labute approximate surface area is 214 Å². The van der Waals surface area contributed by atoms with E-state index < -0.39 is 36.0 Å². The summed E-state index contributed by atoms with van der Waals surface area (Å²) in [6.07, 6.45) is -1.26. The molecule has 0 saturated carbocycles. The minimum atomic E-state index is -0.648. The number of esters is 2. The van der Waals surface area contributed by atoms with E-state index in [1.165, 1.54) is 35.2 Å². The van der Waals surface area contributed by atoms with Crippen LogP contribution in [0, 0.1) is 11.8 Å². The van der Waals surface area contributed by atoms with E-state index in [-0.39, 0.29) is 37.3 Å². The van der Waals surface area contributed by atoms with Gasteiger partial charge < -0.3 is 43.0 Å². The number of fused-ring (bicyclic) bond motifs is 1. The Morgan fingerprint density at radius 3 is 1.78 bits per heavy atom. The number of phenolic OH excluding ortho intramolecular Hbond substituents is 1. The van der Waals surface area contributed by atoms with Crippen molar-refractivity contribution in [3.63, 3.8) is 0 Å². The zero-order valence-electron chi connectivity index (χ0n) is 21.3. The lowest BCUT2D eigenvalue weighted by Gasteiger charge is -2.24. The van der Waals surface area contributed by atoms with Gasteiger partial charge in [-0.3, -0.25) is 9.59 Å². The van der Waals surface area contributed by atoms with Crippen molar-refractivity contribution < 1.29 is 52.6 Å². The molecule has 2 aliphatic heterocycles. The molecule has 2 aliphatic rings. The van der Waals surface area contributed by atoms with Crippen molar-refractivity contribution in [3.8, 4) is 34.5 Å². The summed E-state index contributed by atoms with van der Waals surface area (Å²) in [5, 5.41) is 10.4. The van der Waals surface area contributed by atoms with Gasteiger partial charge in [0, 0.05) is 25.7 Å². The second-order valence-electron chi connectivity index (χ2n) is 8.64. The molecular weight excluding hydrogens is 488 g/mol. The number of phenols is 1. The number of carbonyl (C=O) groups excluding carboxylic acids is 2. The molecular formula is C26H30O11. The lowest BCUT2D eigenvalue weighted by molar-refractivity contribution is -0.146. The normalized spacial score (nSPS) is 21.9. The van der Waals surface area contributed by atoms with Gasteiger partial charge in [-0.25, -0.2) is 0 Å². The van der Waals surface area contributed by atoms with Crippen LogP contribution in [0.2, 0.25) is 0 Å². The van der Waals surface area contributed by atoms with Gasteiger partial charge in [-0.15, -0.1) is 0 Å². The summed E-state index contributed by atoms with van der Waals surface area (Å²) >= 11 is 0. The van der Waals surface area contributed by atoms with Crippen molar-refractivity contribution in [2.75, 3.05) is 41.3 Å². The first kappa shape index (κ1) is 26.2. The van der Waals surface area contributed by atoms with E-state index in [1.807, 2.05) is 0 Å². The Morgan fingerprint density at radius 1 is 0.811 bits per heavy atom. The van der Waals surface area contributed by atoms with Crippen LogP contribution in [0.25, 0.3) is 0 Å². The molecule has 11 nitrogen and oxygen atoms in total. The van der Waals surface area contributed by atoms with Gasteiger partial charge in [-0.05, 0) is 35.4 Å². The first-order valence-corrected chi connectivity index (χ1v) is 11.6. The van der Waals surface area contributed by atoms with Crippen molar-refractivity contribution in [2.45, 2.75) is 26.1 Å². The van der Waals surface area contributed by atoms with E-state index in [9.17, 15) is 14.7 Å². The van der Waals surface area contributed by atoms with Crippen LogP contribution < -0.4 is 23.7 Å². The molecule has 2 aromatic rings. The third-order valence-corrected chi connectivity index (χ3v) is 6.42. The first-order valence-electron chi connectivity index (χ1n) is 11.6. The van der Waals surface area contributed by atoms with Gasteiger partial charge in [0.1, 0.15) is 0 Å². The predicted molar refractivity (Wildman–Crippen MR) is 127 cm³/mol. The van der Waals surface area contributed by atoms with Crippen molar-refractivity contribution >= 4 is 11.9 Å². The second-order valence-corrected chi connectivity index (χ2v) is 8.64. The lowest BCUT2D eigenvalue weighted by atomic mass is 9.83. The fourth-order valence-electron chi connectivity index (χ4n) is 4.70. The average molecular weight is 519 g/mol.